The molecule has 1 saturated carbocycles. The molecule has 1 aliphatic carbocycles. The molecule has 1 heterocycles. The molecule has 128 valence electrons. The first-order chi connectivity index (χ1) is 12.3. The van der Waals surface area contributed by atoms with Crippen molar-refractivity contribution in [3.05, 3.63) is 59.9 Å². The number of benzene rings is 2. The monoisotopic (exact) mass is 355 g/mol. The summed E-state index contributed by atoms with van der Waals surface area (Å²) < 4.78 is 21.4. The van der Waals surface area contributed by atoms with E-state index in [0.29, 0.717) is 17.4 Å². The van der Waals surface area contributed by atoms with Crippen LogP contribution in [0, 0.1) is 5.82 Å². The van der Waals surface area contributed by atoms with E-state index in [1.165, 1.54) is 11.6 Å². The second-order valence-electron chi connectivity index (χ2n) is 6.02. The standard InChI is InChI=1S/C19H18FN3OS/c1-24-15-10-6-13(7-11-15)12-25-19-22-21-18(23(19)14-8-9-14)16-4-2-3-5-17(16)20/h2-7,10-11,14H,8-9,12H2,1H3. The Labute approximate surface area is 150 Å². The van der Waals surface area contributed by atoms with Crippen molar-refractivity contribution < 1.29 is 9.13 Å². The van der Waals surface area contributed by atoms with E-state index >= 15 is 0 Å². The van der Waals surface area contributed by atoms with Crippen molar-refractivity contribution in [1.82, 2.24) is 14.8 Å². The van der Waals surface area contributed by atoms with Gasteiger partial charge >= 0.3 is 0 Å². The summed E-state index contributed by atoms with van der Waals surface area (Å²) >= 11 is 1.63. The number of ether oxygens (including phenoxy) is 1. The number of methoxy groups -OCH3 is 1. The molecule has 0 amide bonds. The molecular weight excluding hydrogens is 337 g/mol. The van der Waals surface area contributed by atoms with Gasteiger partial charge in [0.15, 0.2) is 11.0 Å². The molecule has 0 N–H and O–H groups in total. The second-order valence-corrected chi connectivity index (χ2v) is 6.97. The summed E-state index contributed by atoms with van der Waals surface area (Å²) in [4.78, 5) is 0. The average Bonchev–Trinajstić information content (AvgIpc) is 3.40. The predicted octanol–water partition coefficient (Wildman–Crippen LogP) is 4.72. The highest BCUT2D eigenvalue weighted by Gasteiger charge is 2.30. The maximum absolute atomic E-state index is 14.2. The predicted molar refractivity (Wildman–Crippen MR) is 96.2 cm³/mol. The Morgan fingerprint density at radius 2 is 1.88 bits per heavy atom. The van der Waals surface area contributed by atoms with Crippen LogP contribution >= 0.6 is 11.8 Å². The number of halogens is 1. The van der Waals surface area contributed by atoms with Crippen LogP contribution in [0.4, 0.5) is 4.39 Å². The van der Waals surface area contributed by atoms with Crippen LogP contribution in [-0.4, -0.2) is 21.9 Å². The minimum atomic E-state index is -0.261. The summed E-state index contributed by atoms with van der Waals surface area (Å²) in [5.74, 6) is 1.99. The number of thioether (sulfide) groups is 1. The molecule has 0 radical (unpaired) electrons. The fourth-order valence-electron chi connectivity index (χ4n) is 2.73. The van der Waals surface area contributed by atoms with Gasteiger partial charge in [-0.2, -0.15) is 0 Å². The highest BCUT2D eigenvalue weighted by molar-refractivity contribution is 7.98. The van der Waals surface area contributed by atoms with Gasteiger partial charge in [-0.25, -0.2) is 4.39 Å². The largest absolute Gasteiger partial charge is 0.497 e. The molecule has 0 spiro atoms. The quantitative estimate of drug-likeness (QED) is 0.600. The lowest BCUT2D eigenvalue weighted by Gasteiger charge is -2.09. The fraction of sp³-hybridized carbons (Fsp3) is 0.263. The van der Waals surface area contributed by atoms with Crippen LogP contribution in [0.1, 0.15) is 24.4 Å². The lowest BCUT2D eigenvalue weighted by Crippen LogP contribution is -2.01. The Balaban J connectivity index is 1.59. The molecule has 1 aliphatic rings. The van der Waals surface area contributed by atoms with Gasteiger partial charge in [0.05, 0.1) is 12.7 Å². The van der Waals surface area contributed by atoms with E-state index in [9.17, 15) is 4.39 Å². The average molecular weight is 355 g/mol. The minimum Gasteiger partial charge on any atom is -0.497 e. The first kappa shape index (κ1) is 16.1. The zero-order valence-electron chi connectivity index (χ0n) is 13.9. The number of nitrogens with zero attached hydrogens (tertiary/aromatic N) is 3. The molecular formula is C19H18FN3OS. The van der Waals surface area contributed by atoms with E-state index in [-0.39, 0.29) is 5.82 Å². The highest BCUT2D eigenvalue weighted by atomic mass is 32.2. The number of hydrogen-bond donors (Lipinski definition) is 0. The van der Waals surface area contributed by atoms with Gasteiger partial charge in [0.1, 0.15) is 11.6 Å². The SMILES string of the molecule is COc1ccc(CSc2nnc(-c3ccccc3F)n2C2CC2)cc1. The van der Waals surface area contributed by atoms with Gasteiger partial charge in [0, 0.05) is 11.8 Å². The van der Waals surface area contributed by atoms with Crippen LogP contribution in [-0.2, 0) is 5.75 Å². The fourth-order valence-corrected chi connectivity index (χ4v) is 3.69. The Morgan fingerprint density at radius 3 is 2.56 bits per heavy atom. The summed E-state index contributed by atoms with van der Waals surface area (Å²) in [7, 11) is 1.66. The maximum Gasteiger partial charge on any atom is 0.192 e. The third-order valence-electron chi connectivity index (χ3n) is 4.22. The van der Waals surface area contributed by atoms with Gasteiger partial charge in [0.2, 0.25) is 0 Å². The molecule has 0 saturated heterocycles. The van der Waals surface area contributed by atoms with Gasteiger partial charge in [0.25, 0.3) is 0 Å². The Hall–Kier alpha value is -2.34. The van der Waals surface area contributed by atoms with Crippen LogP contribution in [0.15, 0.2) is 53.7 Å². The first-order valence-corrected chi connectivity index (χ1v) is 9.20. The molecule has 1 fully saturated rings. The van der Waals surface area contributed by atoms with E-state index < -0.39 is 0 Å². The van der Waals surface area contributed by atoms with Gasteiger partial charge in [-0.3, -0.25) is 4.57 Å². The topological polar surface area (TPSA) is 39.9 Å². The molecule has 6 heteroatoms. The van der Waals surface area contributed by atoms with Gasteiger partial charge in [-0.05, 0) is 42.7 Å². The molecule has 4 rings (SSSR count). The third kappa shape index (κ3) is 3.39. The van der Waals surface area contributed by atoms with Crippen molar-refractivity contribution in [3.63, 3.8) is 0 Å². The third-order valence-corrected chi connectivity index (χ3v) is 5.23. The van der Waals surface area contributed by atoms with Crippen molar-refractivity contribution in [2.24, 2.45) is 0 Å². The van der Waals surface area contributed by atoms with E-state index in [2.05, 4.69) is 14.8 Å². The van der Waals surface area contributed by atoms with Crippen LogP contribution < -0.4 is 4.74 Å². The summed E-state index contributed by atoms with van der Waals surface area (Å²) in [6.07, 6.45) is 2.19. The molecule has 2 aromatic carbocycles. The van der Waals surface area contributed by atoms with Crippen LogP contribution in [0.3, 0.4) is 0 Å². The molecule has 0 aliphatic heterocycles. The lowest BCUT2D eigenvalue weighted by atomic mass is 10.2. The summed E-state index contributed by atoms with van der Waals surface area (Å²) in [5.41, 5.74) is 1.70. The zero-order chi connectivity index (χ0) is 17.2. The van der Waals surface area contributed by atoms with Gasteiger partial charge in [-0.15, -0.1) is 10.2 Å². The normalized spacial score (nSPS) is 13.8. The summed E-state index contributed by atoms with van der Waals surface area (Å²) in [6.45, 7) is 0. The van der Waals surface area contributed by atoms with E-state index in [1.54, 1.807) is 31.0 Å². The molecule has 4 nitrogen and oxygen atoms in total. The van der Waals surface area contributed by atoms with E-state index in [0.717, 1.165) is 29.5 Å². The van der Waals surface area contributed by atoms with Crippen LogP contribution in [0.5, 0.6) is 5.75 Å². The first-order valence-electron chi connectivity index (χ1n) is 8.22. The van der Waals surface area contributed by atoms with Gasteiger partial charge < -0.3 is 4.74 Å². The summed E-state index contributed by atoms with van der Waals surface area (Å²) in [6, 6.07) is 15.1. The number of rotatable bonds is 6. The van der Waals surface area contributed by atoms with Crippen molar-refractivity contribution in [1.29, 1.82) is 0 Å². The van der Waals surface area contributed by atoms with Crippen LogP contribution in [0.2, 0.25) is 0 Å². The van der Waals surface area contributed by atoms with Gasteiger partial charge in [-0.1, -0.05) is 36.0 Å². The Morgan fingerprint density at radius 1 is 1.12 bits per heavy atom. The molecule has 0 bridgehead atoms. The number of aromatic nitrogens is 3. The van der Waals surface area contributed by atoms with Crippen molar-refractivity contribution in [2.45, 2.75) is 29.8 Å². The Bertz CT molecular complexity index is 875. The van der Waals surface area contributed by atoms with Crippen molar-refractivity contribution in [3.8, 4) is 17.1 Å². The smallest absolute Gasteiger partial charge is 0.192 e. The summed E-state index contributed by atoms with van der Waals surface area (Å²) in [5, 5.41) is 9.45. The van der Waals surface area contributed by atoms with Crippen molar-refractivity contribution in [2.75, 3.05) is 7.11 Å². The molecule has 0 atom stereocenters. The van der Waals surface area contributed by atoms with E-state index in [1.807, 2.05) is 30.3 Å². The molecule has 25 heavy (non-hydrogen) atoms. The van der Waals surface area contributed by atoms with E-state index in [4.69, 9.17) is 4.74 Å². The molecule has 3 aromatic rings. The van der Waals surface area contributed by atoms with Crippen molar-refractivity contribution >= 4 is 11.8 Å². The Kier molecular flexibility index (Phi) is 4.44. The second kappa shape index (κ2) is 6.88. The minimum absolute atomic E-state index is 0.261. The zero-order valence-corrected chi connectivity index (χ0v) is 14.7. The molecule has 1 aromatic heterocycles. The van der Waals surface area contributed by atoms with Crippen LogP contribution in [0.25, 0.3) is 11.4 Å². The molecule has 0 unspecified atom stereocenters. The lowest BCUT2D eigenvalue weighted by molar-refractivity contribution is 0.414. The number of hydrogen-bond acceptors (Lipinski definition) is 4. The highest BCUT2D eigenvalue weighted by Crippen LogP contribution is 2.41. The maximum atomic E-state index is 14.2.